The third kappa shape index (κ3) is 3.90. The van der Waals surface area contributed by atoms with Crippen molar-refractivity contribution in [3.05, 3.63) is 42.2 Å². The lowest BCUT2D eigenvalue weighted by Gasteiger charge is -2.64. The van der Waals surface area contributed by atoms with Gasteiger partial charge in [-0.15, -0.1) is 0 Å². The van der Waals surface area contributed by atoms with Crippen LogP contribution in [0, 0.1) is 17.3 Å². The van der Waals surface area contributed by atoms with Crippen molar-refractivity contribution >= 4 is 23.4 Å². The fourth-order valence-electron chi connectivity index (χ4n) is 7.29. The van der Waals surface area contributed by atoms with Crippen molar-refractivity contribution in [1.29, 1.82) is 0 Å². The zero-order chi connectivity index (χ0) is 22.0. The van der Waals surface area contributed by atoms with Crippen LogP contribution in [0.3, 0.4) is 0 Å². The minimum atomic E-state index is -0.111. The first-order valence-electron chi connectivity index (χ1n) is 12.7. The van der Waals surface area contributed by atoms with Gasteiger partial charge in [-0.1, -0.05) is 37.5 Å². The first-order chi connectivity index (χ1) is 15.7. The summed E-state index contributed by atoms with van der Waals surface area (Å²) in [6.45, 7) is 0.253. The molecule has 5 rings (SSSR count). The molecule has 5 heteroatoms. The van der Waals surface area contributed by atoms with Crippen molar-refractivity contribution in [2.75, 3.05) is 17.7 Å². The molecule has 32 heavy (non-hydrogen) atoms. The second-order valence-corrected chi connectivity index (χ2v) is 11.8. The van der Waals surface area contributed by atoms with E-state index >= 15 is 0 Å². The number of aliphatic hydroxyl groups is 1. The number of thioether (sulfide) groups is 1. The lowest BCUT2D eigenvalue weighted by Crippen LogP contribution is -2.62. The average Bonchev–Trinajstić information content (AvgIpc) is 2.95. The Balaban J connectivity index is 1.40. The Hall–Kier alpha value is -1.46. The lowest BCUT2D eigenvalue weighted by molar-refractivity contribution is -0.120. The number of benzene rings is 1. The monoisotopic (exact) mass is 455 g/mol. The number of allylic oxidation sites excluding steroid dienone is 1. The van der Waals surface area contributed by atoms with Crippen molar-refractivity contribution < 1.29 is 14.6 Å². The van der Waals surface area contributed by atoms with Crippen LogP contribution in [0.4, 0.5) is 5.69 Å². The fourth-order valence-corrected chi connectivity index (χ4v) is 9.41. The van der Waals surface area contributed by atoms with Crippen LogP contribution in [0.15, 0.2) is 42.2 Å². The highest BCUT2D eigenvalue weighted by molar-refractivity contribution is 8.01. The molecule has 4 aliphatic rings. The van der Waals surface area contributed by atoms with Gasteiger partial charge in [0.15, 0.2) is 5.76 Å². The molecule has 2 heterocycles. The van der Waals surface area contributed by atoms with Gasteiger partial charge in [0.25, 0.3) is 5.91 Å². The molecule has 0 radical (unpaired) electrons. The highest BCUT2D eigenvalue weighted by Gasteiger charge is 2.70. The van der Waals surface area contributed by atoms with E-state index in [4.69, 9.17) is 9.84 Å². The highest BCUT2D eigenvalue weighted by Crippen LogP contribution is 2.76. The molecular formula is C27H37NO3S. The smallest absolute Gasteiger partial charge is 0.290 e. The van der Waals surface area contributed by atoms with E-state index in [1.165, 1.54) is 44.3 Å². The molecule has 2 aliphatic carbocycles. The van der Waals surface area contributed by atoms with Gasteiger partial charge in [0.1, 0.15) is 0 Å². The minimum Gasteiger partial charge on any atom is -0.485 e. The number of anilines is 1. The largest absolute Gasteiger partial charge is 0.485 e. The molecular weight excluding hydrogens is 418 g/mol. The van der Waals surface area contributed by atoms with E-state index in [2.05, 4.69) is 23.2 Å². The Kier molecular flexibility index (Phi) is 6.58. The van der Waals surface area contributed by atoms with Gasteiger partial charge in [-0.25, -0.2) is 0 Å². The van der Waals surface area contributed by atoms with Gasteiger partial charge in [0.05, 0.1) is 6.10 Å². The van der Waals surface area contributed by atoms with Gasteiger partial charge in [-0.05, 0) is 92.6 Å². The normalized spacial score (nSPS) is 35.7. The summed E-state index contributed by atoms with van der Waals surface area (Å²) in [6.07, 6.45) is 15.4. The van der Waals surface area contributed by atoms with Crippen LogP contribution in [-0.4, -0.2) is 34.2 Å². The summed E-state index contributed by atoms with van der Waals surface area (Å²) >= 11 is 2.24. The Morgan fingerprint density at radius 3 is 2.88 bits per heavy atom. The van der Waals surface area contributed by atoms with Crippen molar-refractivity contribution in [3.8, 4) is 0 Å². The number of ether oxygens (including phenoxy) is 1. The van der Waals surface area contributed by atoms with Crippen molar-refractivity contribution in [2.45, 2.75) is 81.5 Å². The number of carbonyl (C=O) groups is 1. The minimum absolute atomic E-state index is 0.0971. The summed E-state index contributed by atoms with van der Waals surface area (Å²) in [6, 6.07) is 9.69. The van der Waals surface area contributed by atoms with Crippen LogP contribution in [-0.2, 0) is 9.53 Å². The quantitative estimate of drug-likeness (QED) is 0.478. The molecule has 2 N–H and O–H groups in total. The molecule has 1 amide bonds. The summed E-state index contributed by atoms with van der Waals surface area (Å²) in [5.74, 6) is 2.94. The number of rotatable bonds is 8. The molecule has 4 nitrogen and oxygen atoms in total. The second kappa shape index (κ2) is 9.42. The molecule has 2 aliphatic heterocycles. The average molecular weight is 456 g/mol. The number of hydrogen-bond acceptors (Lipinski definition) is 4. The Bertz CT molecular complexity index is 839. The van der Waals surface area contributed by atoms with Crippen LogP contribution in [0.2, 0.25) is 0 Å². The maximum atomic E-state index is 13.2. The van der Waals surface area contributed by atoms with E-state index in [0.717, 1.165) is 43.7 Å². The second-order valence-electron chi connectivity index (χ2n) is 10.3. The zero-order valence-electron chi connectivity index (χ0n) is 19.1. The number of nitrogens with one attached hydrogen (secondary N) is 1. The fraction of sp³-hybridized carbons (Fsp3) is 0.667. The van der Waals surface area contributed by atoms with E-state index < -0.39 is 0 Å². The maximum Gasteiger partial charge on any atom is 0.290 e. The predicted octanol–water partition coefficient (Wildman–Crippen LogP) is 5.92. The number of para-hydroxylation sites is 1. The molecule has 2 bridgehead atoms. The lowest BCUT2D eigenvalue weighted by atomic mass is 9.45. The Labute approximate surface area is 196 Å². The van der Waals surface area contributed by atoms with Crippen molar-refractivity contribution in [2.24, 2.45) is 17.3 Å². The summed E-state index contributed by atoms with van der Waals surface area (Å²) in [4.78, 5) is 13.2. The van der Waals surface area contributed by atoms with Crippen molar-refractivity contribution in [1.82, 2.24) is 0 Å². The molecule has 5 unspecified atom stereocenters. The summed E-state index contributed by atoms with van der Waals surface area (Å²) in [5, 5.41) is 12.2. The zero-order valence-corrected chi connectivity index (χ0v) is 19.9. The number of unbranched alkanes of at least 4 members (excludes halogenated alkanes) is 2. The summed E-state index contributed by atoms with van der Waals surface area (Å²) in [7, 11) is 0. The van der Waals surface area contributed by atoms with E-state index in [0.29, 0.717) is 21.8 Å². The Morgan fingerprint density at radius 2 is 2.03 bits per heavy atom. The molecule has 1 aromatic rings. The molecule has 1 aromatic carbocycles. The van der Waals surface area contributed by atoms with Crippen LogP contribution < -0.4 is 5.32 Å². The topological polar surface area (TPSA) is 58.6 Å². The van der Waals surface area contributed by atoms with E-state index in [1.807, 2.05) is 30.3 Å². The van der Waals surface area contributed by atoms with Gasteiger partial charge in [0, 0.05) is 17.0 Å². The van der Waals surface area contributed by atoms with Gasteiger partial charge in [-0.2, -0.15) is 11.8 Å². The van der Waals surface area contributed by atoms with Crippen LogP contribution in [0.5, 0.6) is 0 Å². The number of hydrogen-bond donors (Lipinski definition) is 2. The maximum absolute atomic E-state index is 13.2. The molecule has 0 spiro atoms. The SMILES string of the molecule is O=C(Nc1ccccc1)C1=CC(C23CCSC24CCCCC3C4)CC(CCCCCO)O1. The van der Waals surface area contributed by atoms with E-state index in [-0.39, 0.29) is 18.6 Å². The number of carbonyl (C=O) groups excluding carboxylic acids is 1. The molecule has 5 atom stereocenters. The van der Waals surface area contributed by atoms with E-state index in [9.17, 15) is 4.79 Å². The van der Waals surface area contributed by atoms with Crippen LogP contribution in [0.25, 0.3) is 0 Å². The van der Waals surface area contributed by atoms with Crippen LogP contribution >= 0.6 is 11.8 Å². The first-order valence-corrected chi connectivity index (χ1v) is 13.7. The molecule has 2 saturated carbocycles. The van der Waals surface area contributed by atoms with Gasteiger partial charge < -0.3 is 15.2 Å². The third-order valence-corrected chi connectivity index (χ3v) is 10.4. The van der Waals surface area contributed by atoms with Gasteiger partial charge in [-0.3, -0.25) is 4.79 Å². The Morgan fingerprint density at radius 1 is 1.16 bits per heavy atom. The standard InChI is InChI=1S/C27H37NO3S/c29-15-8-2-5-12-23-17-21(18-24(31-23)25(30)28-22-10-3-1-4-11-22)27-14-16-32-26(27)13-7-6-9-20(27)19-26/h1,3-4,10-11,18,20-21,23,29H,2,5-9,12-17,19H2,(H,28,30). The molecule has 0 aromatic heterocycles. The number of aliphatic hydroxyl groups excluding tert-OH is 1. The molecule has 3 fully saturated rings. The highest BCUT2D eigenvalue weighted by atomic mass is 32.2. The van der Waals surface area contributed by atoms with Crippen LogP contribution in [0.1, 0.15) is 70.6 Å². The predicted molar refractivity (Wildman–Crippen MR) is 131 cm³/mol. The van der Waals surface area contributed by atoms with Gasteiger partial charge >= 0.3 is 0 Å². The van der Waals surface area contributed by atoms with Crippen molar-refractivity contribution in [3.63, 3.8) is 0 Å². The molecule has 1 saturated heterocycles. The van der Waals surface area contributed by atoms with E-state index in [1.54, 1.807) is 0 Å². The first kappa shape index (κ1) is 22.3. The summed E-state index contributed by atoms with van der Waals surface area (Å²) in [5.41, 5.74) is 1.17. The molecule has 174 valence electrons. The van der Waals surface area contributed by atoms with Gasteiger partial charge in [0.2, 0.25) is 0 Å². The number of amides is 1. The third-order valence-electron chi connectivity index (χ3n) is 8.69. The summed E-state index contributed by atoms with van der Waals surface area (Å²) < 4.78 is 6.77.